The van der Waals surface area contributed by atoms with Gasteiger partial charge in [0.05, 0.1) is 42.5 Å². The molecule has 61 heavy (non-hydrogen) atoms. The molecule has 1 aromatic heterocycles. The van der Waals surface area contributed by atoms with Crippen LogP contribution in [-0.4, -0.2) is 52.2 Å². The van der Waals surface area contributed by atoms with E-state index in [1.54, 1.807) is 0 Å². The summed E-state index contributed by atoms with van der Waals surface area (Å²) >= 11 is 0. The number of nitrogens with two attached hydrogens (primary N) is 1. The molecule has 10 rings (SSSR count). The van der Waals surface area contributed by atoms with Crippen molar-refractivity contribution < 1.29 is 19.4 Å². The van der Waals surface area contributed by atoms with E-state index in [0.29, 0.717) is 60.0 Å². The highest BCUT2D eigenvalue weighted by molar-refractivity contribution is 5.85. The van der Waals surface area contributed by atoms with Gasteiger partial charge in [0.25, 0.3) is 0 Å². The number of ether oxygens (including phenoxy) is 1. The lowest BCUT2D eigenvalue weighted by Gasteiger charge is -2.58. The minimum atomic E-state index is -0.687. The lowest BCUT2D eigenvalue weighted by molar-refractivity contribution is -0.0697. The molecule has 0 radical (unpaired) electrons. The largest absolute Gasteiger partial charge is 0.471 e. The number of guanidine groups is 1. The fourth-order valence-corrected chi connectivity index (χ4v) is 14.7. The van der Waals surface area contributed by atoms with Crippen molar-refractivity contribution in [2.75, 3.05) is 6.54 Å². The summed E-state index contributed by atoms with van der Waals surface area (Å²) in [5.74, 6) is 11.3. The fourth-order valence-electron chi connectivity index (χ4n) is 14.7. The number of hydrogen-bond donors (Lipinski definition) is 4. The average Bonchev–Trinajstić information content (AvgIpc) is 3.70. The molecule has 0 unspecified atom stereocenters. The van der Waals surface area contributed by atoms with Gasteiger partial charge in [0.2, 0.25) is 0 Å². The van der Waals surface area contributed by atoms with Crippen LogP contribution >= 0.6 is 0 Å². The quantitative estimate of drug-likeness (QED) is 0.102. The first-order chi connectivity index (χ1) is 29.4. The molecule has 7 nitrogen and oxygen atoms in total. The zero-order valence-electron chi connectivity index (χ0n) is 36.9. The predicted octanol–water partition coefficient (Wildman–Crippen LogP) is 10.2. The molecule has 5 N–H and O–H groups in total. The van der Waals surface area contributed by atoms with Crippen LogP contribution in [0.4, 0.5) is 0 Å². The first kappa shape index (κ1) is 41.4. The third kappa shape index (κ3) is 8.01. The monoisotopic (exact) mass is 826 g/mol. The Morgan fingerprint density at radius 2 is 1.82 bits per heavy atom. The zero-order valence-corrected chi connectivity index (χ0v) is 36.9. The average molecular weight is 826 g/mol. The van der Waals surface area contributed by atoms with Crippen molar-refractivity contribution >= 4 is 16.7 Å². The maximum Gasteiger partial charge on any atom is 0.188 e. The summed E-state index contributed by atoms with van der Waals surface area (Å²) in [7, 11) is 0. The summed E-state index contributed by atoms with van der Waals surface area (Å²) in [6.45, 7) is 10.5. The van der Waals surface area contributed by atoms with E-state index < -0.39 is 5.60 Å². The summed E-state index contributed by atoms with van der Waals surface area (Å²) in [5.41, 5.74) is 10.6. The molecule has 6 fully saturated rings. The van der Waals surface area contributed by atoms with Gasteiger partial charge in [-0.15, -0.1) is 5.92 Å². The molecular weight excluding hydrogens is 755 g/mol. The predicted molar refractivity (Wildman–Crippen MR) is 244 cm³/mol. The molecule has 2 aliphatic heterocycles. The number of rotatable bonds is 8. The molecular formula is C54H71N3O4. The second kappa shape index (κ2) is 16.2. The minimum absolute atomic E-state index is 0.0254. The molecule has 3 heterocycles. The number of allylic oxidation sites excluding steroid dienone is 1. The van der Waals surface area contributed by atoms with E-state index in [1.165, 1.54) is 68.1 Å². The maximum absolute atomic E-state index is 11.3. The molecule has 7 heteroatoms. The SMILES string of the molecule is C=C1C[C@@]2(CC[C@@H](CC[C@]3(O)CCC[C@@H](O)C3)C2)[C@@H]2O[C@]2(C)CC[C@@H]2[C@@H]1C[C@]2(C)[C@@H]1CC[C@@H]([C@@H]2CC#C[C@H](Cc3ccccc3)[C@@H](c3cccc4cocc34)CN=C(N)N2)C1. The molecule has 1 spiro atoms. The van der Waals surface area contributed by atoms with Crippen molar-refractivity contribution in [3.8, 4) is 11.8 Å². The van der Waals surface area contributed by atoms with Crippen molar-refractivity contribution in [1.82, 2.24) is 5.32 Å². The van der Waals surface area contributed by atoms with Gasteiger partial charge < -0.3 is 30.4 Å². The van der Waals surface area contributed by atoms with E-state index in [9.17, 15) is 10.2 Å². The van der Waals surface area contributed by atoms with E-state index in [4.69, 9.17) is 26.5 Å². The van der Waals surface area contributed by atoms with Crippen LogP contribution in [0.2, 0.25) is 0 Å². The van der Waals surface area contributed by atoms with Gasteiger partial charge in [-0.05, 0) is 156 Å². The number of epoxide rings is 1. The smallest absolute Gasteiger partial charge is 0.188 e. The highest BCUT2D eigenvalue weighted by atomic mass is 16.6. The summed E-state index contributed by atoms with van der Waals surface area (Å²) in [6.07, 6.45) is 22.4. The Kier molecular flexibility index (Phi) is 11.0. The molecule has 7 aliphatic rings. The molecule has 5 aliphatic carbocycles. The number of aliphatic imine (C=N–C) groups is 1. The van der Waals surface area contributed by atoms with Crippen molar-refractivity contribution in [2.45, 2.75) is 165 Å². The summed E-state index contributed by atoms with van der Waals surface area (Å²) in [5, 5.41) is 27.6. The van der Waals surface area contributed by atoms with Crippen LogP contribution in [-0.2, 0) is 11.2 Å². The van der Waals surface area contributed by atoms with E-state index in [2.05, 4.69) is 79.5 Å². The van der Waals surface area contributed by atoms with E-state index in [-0.39, 0.29) is 35.0 Å². The lowest BCUT2D eigenvalue weighted by atomic mass is 9.46. The second-order valence-electron chi connectivity index (χ2n) is 22.0. The molecule has 5 saturated carbocycles. The van der Waals surface area contributed by atoms with Crippen LogP contribution in [0.15, 0.2) is 82.6 Å². The van der Waals surface area contributed by atoms with Gasteiger partial charge in [-0.1, -0.05) is 73.5 Å². The van der Waals surface area contributed by atoms with E-state index in [0.717, 1.165) is 68.6 Å². The number of hydrogen-bond acceptors (Lipinski definition) is 7. The van der Waals surface area contributed by atoms with Gasteiger partial charge in [-0.25, -0.2) is 0 Å². The molecule has 0 bridgehead atoms. The molecule has 326 valence electrons. The number of furan rings is 1. The van der Waals surface area contributed by atoms with E-state index >= 15 is 0 Å². The number of nitrogens with zero attached hydrogens (tertiary/aromatic N) is 1. The summed E-state index contributed by atoms with van der Waals surface area (Å²) in [4.78, 5) is 5.07. The first-order valence-corrected chi connectivity index (χ1v) is 24.2. The summed E-state index contributed by atoms with van der Waals surface area (Å²) < 4.78 is 12.5. The Bertz CT molecular complexity index is 2170. The van der Waals surface area contributed by atoms with Crippen molar-refractivity contribution in [3.05, 3.63) is 84.3 Å². The first-order valence-electron chi connectivity index (χ1n) is 24.2. The van der Waals surface area contributed by atoms with Gasteiger partial charge in [0.1, 0.15) is 0 Å². The molecule has 0 amide bonds. The standard InChI is InChI=1S/C54H71N3O4/c1-35-28-53(24-19-37(29-53)20-25-54(59)22-9-14-42(58)30-54)49-52(3,61-49)23-21-47-44(35)31-51(47,2)41-18-17-39(27-41)48-16-8-12-38(26-36-10-5-4-6-11-36)45(32-56-50(55)57-48)43-15-7-13-40-33-60-34-46(40)43/h4-7,10-11,13,15,33-34,37-39,41-42,44-45,47-49,58-59H,1,9,14,16-32H2,2-3H3,(H3,55,56,57)/t37-,38+,39+,41+,42+,44+,45-,47+,48-,49+,51+,52+,53+,54+/m0/s1. The van der Waals surface area contributed by atoms with Crippen LogP contribution in [0, 0.1) is 58.2 Å². The molecule has 1 saturated heterocycles. The van der Waals surface area contributed by atoms with Crippen molar-refractivity contribution in [1.29, 1.82) is 0 Å². The second-order valence-corrected chi connectivity index (χ2v) is 22.0. The molecule has 2 aromatic carbocycles. The fraction of sp³-hybridized carbons (Fsp3) is 0.648. The number of nitrogens with one attached hydrogen (secondary N) is 1. The van der Waals surface area contributed by atoms with Gasteiger partial charge in [-0.3, -0.25) is 4.99 Å². The van der Waals surface area contributed by atoms with Crippen LogP contribution in [0.5, 0.6) is 0 Å². The Hall–Kier alpha value is -3.57. The summed E-state index contributed by atoms with van der Waals surface area (Å²) in [6, 6.07) is 17.4. The highest BCUT2D eigenvalue weighted by Crippen LogP contribution is 2.69. The van der Waals surface area contributed by atoms with Crippen LogP contribution in [0.3, 0.4) is 0 Å². The van der Waals surface area contributed by atoms with Crippen LogP contribution in [0.25, 0.3) is 10.8 Å². The Morgan fingerprint density at radius 1 is 0.951 bits per heavy atom. The highest BCUT2D eigenvalue weighted by Gasteiger charge is 2.67. The molecule has 3 aromatic rings. The third-order valence-electron chi connectivity index (χ3n) is 18.2. The normalized spacial score (nSPS) is 42.4. The molecule has 14 atom stereocenters. The zero-order chi connectivity index (χ0) is 42.0. The maximum atomic E-state index is 11.3. The van der Waals surface area contributed by atoms with E-state index in [1.807, 2.05) is 12.5 Å². The number of aliphatic hydroxyl groups is 2. The van der Waals surface area contributed by atoms with Crippen LogP contribution in [0.1, 0.15) is 140 Å². The Balaban J connectivity index is 0.818. The lowest BCUT2D eigenvalue weighted by Crippen LogP contribution is -2.51. The van der Waals surface area contributed by atoms with Gasteiger partial charge in [0, 0.05) is 46.9 Å². The Labute approximate surface area is 364 Å². The van der Waals surface area contributed by atoms with Gasteiger partial charge in [-0.2, -0.15) is 0 Å². The van der Waals surface area contributed by atoms with Crippen molar-refractivity contribution in [2.24, 2.45) is 57.1 Å². The van der Waals surface area contributed by atoms with Crippen molar-refractivity contribution in [3.63, 3.8) is 0 Å². The number of fused-ring (bicyclic) bond motifs is 4. The van der Waals surface area contributed by atoms with Crippen LogP contribution < -0.4 is 11.1 Å². The van der Waals surface area contributed by atoms with Gasteiger partial charge >= 0.3 is 0 Å². The topological polar surface area (TPSA) is 117 Å². The van der Waals surface area contributed by atoms with Gasteiger partial charge in [0.15, 0.2) is 5.96 Å². The number of benzene rings is 2. The minimum Gasteiger partial charge on any atom is -0.471 e. The number of aliphatic hydroxyl groups excluding tert-OH is 1. The Morgan fingerprint density at radius 3 is 2.67 bits per heavy atom. The third-order valence-corrected chi connectivity index (χ3v) is 18.2.